The van der Waals surface area contributed by atoms with Crippen molar-refractivity contribution in [3.8, 4) is 0 Å². The second-order valence-corrected chi connectivity index (χ2v) is 26.3. The number of hydrogen-bond acceptors (Lipinski definition) is 12. The molecule has 0 heterocycles. The monoisotopic (exact) mass is 1200 g/mol. The van der Waals surface area contributed by atoms with Gasteiger partial charge in [-0.15, -0.1) is 0 Å². The number of carbonyl (C=O) groups excluding carboxylic acids is 2. The van der Waals surface area contributed by atoms with Crippen LogP contribution in [0.5, 0.6) is 0 Å². The van der Waals surface area contributed by atoms with Gasteiger partial charge in [0.25, 0.3) is 0 Å². The predicted octanol–water partition coefficient (Wildman–Crippen LogP) is 16.8. The Kier molecular flexibility index (Phi) is 63.5. The van der Waals surface area contributed by atoms with E-state index in [9.17, 15) is 30.0 Å². The molecule has 84 heavy (non-hydrogen) atoms. The lowest BCUT2D eigenvalue weighted by atomic mass is 10.0. The molecule has 0 bridgehead atoms. The summed E-state index contributed by atoms with van der Waals surface area (Å²) in [6.07, 6.45) is 54.4. The smallest absolute Gasteiger partial charge is 0.307 e. The Morgan fingerprint density at radius 1 is 0.286 bits per heavy atom. The first-order chi connectivity index (χ1) is 40.9. The maximum Gasteiger partial charge on any atom is 0.307 e. The lowest BCUT2D eigenvalue weighted by Gasteiger charge is -2.29. The minimum absolute atomic E-state index is 0.233. The van der Waals surface area contributed by atoms with Crippen LogP contribution in [0.4, 0.5) is 0 Å². The van der Waals surface area contributed by atoms with E-state index in [4.69, 9.17) is 9.47 Å². The number of likely N-dealkylation sites (N-methyl/N-ethyl adjacent to an activating group) is 2. The van der Waals surface area contributed by atoms with Gasteiger partial charge in [0.05, 0.1) is 50.5 Å². The van der Waals surface area contributed by atoms with Crippen LogP contribution < -0.4 is 0 Å². The Balaban J connectivity index is 4.73. The van der Waals surface area contributed by atoms with Gasteiger partial charge < -0.3 is 39.7 Å². The van der Waals surface area contributed by atoms with E-state index in [1.165, 1.54) is 231 Å². The van der Waals surface area contributed by atoms with Gasteiger partial charge in [0.15, 0.2) is 0 Å². The molecule has 0 fully saturated rings. The minimum atomic E-state index is -0.410. The molecule has 4 atom stereocenters. The molecule has 502 valence electrons. The van der Waals surface area contributed by atoms with Crippen molar-refractivity contribution >= 4 is 11.9 Å². The normalized spacial score (nSPS) is 13.5. The van der Waals surface area contributed by atoms with Crippen molar-refractivity contribution in [1.82, 2.24) is 19.6 Å². The van der Waals surface area contributed by atoms with E-state index in [0.29, 0.717) is 78.2 Å². The van der Waals surface area contributed by atoms with Crippen molar-refractivity contribution in [3.05, 3.63) is 0 Å². The second kappa shape index (κ2) is 64.6. The number of nitrogens with zero attached hydrogens (tertiary/aromatic N) is 4. The molecule has 0 amide bonds. The molecule has 0 aromatic heterocycles. The number of rotatable bonds is 69. The molecule has 0 spiro atoms. The van der Waals surface area contributed by atoms with Crippen LogP contribution in [0.2, 0.25) is 0 Å². The number of aliphatic hydroxyl groups is 4. The highest BCUT2D eigenvalue weighted by Crippen LogP contribution is 2.18. The second-order valence-electron chi connectivity index (χ2n) is 26.3. The summed E-state index contributed by atoms with van der Waals surface area (Å²) in [6.45, 7) is 15.9. The summed E-state index contributed by atoms with van der Waals surface area (Å²) < 4.78 is 11.1. The summed E-state index contributed by atoms with van der Waals surface area (Å²) in [5.74, 6) is -0.466. The van der Waals surface area contributed by atoms with Crippen molar-refractivity contribution in [1.29, 1.82) is 0 Å². The Hall–Kier alpha value is -1.38. The van der Waals surface area contributed by atoms with E-state index < -0.39 is 24.4 Å². The van der Waals surface area contributed by atoms with Crippen LogP contribution in [-0.4, -0.2) is 169 Å². The van der Waals surface area contributed by atoms with Gasteiger partial charge in [-0.2, -0.15) is 0 Å². The zero-order chi connectivity index (χ0) is 61.6. The number of unbranched alkanes of at least 4 members (excludes halogenated alkanes) is 37. The number of ether oxygens (including phenoxy) is 2. The molecule has 12 nitrogen and oxygen atoms in total. The summed E-state index contributed by atoms with van der Waals surface area (Å²) in [5.41, 5.74) is 0. The first kappa shape index (κ1) is 82.6. The Morgan fingerprint density at radius 2 is 0.488 bits per heavy atom. The van der Waals surface area contributed by atoms with E-state index in [1.807, 2.05) is 14.1 Å². The zero-order valence-electron chi connectivity index (χ0n) is 56.9. The molecule has 0 aliphatic rings. The van der Waals surface area contributed by atoms with Crippen LogP contribution in [0.25, 0.3) is 0 Å². The van der Waals surface area contributed by atoms with Gasteiger partial charge in [0.1, 0.15) is 0 Å². The molecule has 0 aliphatic heterocycles. The van der Waals surface area contributed by atoms with Gasteiger partial charge in [-0.3, -0.25) is 19.4 Å². The minimum Gasteiger partial charge on any atom is -0.466 e. The highest BCUT2D eigenvalue weighted by atomic mass is 16.5. The van der Waals surface area contributed by atoms with Crippen LogP contribution in [-0.2, 0) is 19.1 Å². The van der Waals surface area contributed by atoms with Crippen LogP contribution in [0.15, 0.2) is 0 Å². The number of esters is 2. The highest BCUT2D eigenvalue weighted by molar-refractivity contribution is 5.69. The lowest BCUT2D eigenvalue weighted by Crippen LogP contribution is -2.42. The van der Waals surface area contributed by atoms with Crippen LogP contribution in [0, 0.1) is 0 Å². The summed E-state index contributed by atoms with van der Waals surface area (Å²) >= 11 is 0. The van der Waals surface area contributed by atoms with Gasteiger partial charge in [-0.1, -0.05) is 285 Å². The average molecular weight is 1200 g/mol. The van der Waals surface area contributed by atoms with E-state index in [2.05, 4.69) is 47.3 Å². The van der Waals surface area contributed by atoms with Crippen molar-refractivity contribution in [3.63, 3.8) is 0 Å². The zero-order valence-corrected chi connectivity index (χ0v) is 56.9. The molecule has 0 aromatic rings. The first-order valence-electron chi connectivity index (χ1n) is 36.8. The maximum atomic E-state index is 12.7. The SMILES string of the molecule is CCCCCCCCCCCCC(O)CN(CCN(C)CCC(=O)OCCCCOC(=O)CCN(C)CCN(CC(O)CCCCCCCCCCCC)CC(O)CCCCCCCCCCCC)CC(O)CCCCCCCCCCCC. The molecular weight excluding hydrogens is 1050 g/mol. The third-order valence-corrected chi connectivity index (χ3v) is 17.5. The standard InChI is InChI=1S/C72H146N4O8/c1-7-11-15-19-23-27-31-35-39-43-49-67(77)63-75(64-68(78)50-44-40-36-32-28-24-20-16-12-8-2)59-57-73(5)55-53-71(81)83-61-47-48-62-84-72(82)54-56-74(6)58-60-76(65-69(79)51-45-41-37-33-29-25-21-17-13-9-3)66-70(80)52-46-42-38-34-30-26-22-18-14-10-4/h67-70,77-80H,7-66H2,1-6H3. The van der Waals surface area contributed by atoms with Crippen molar-refractivity contribution in [2.45, 2.75) is 360 Å². The molecule has 0 saturated carbocycles. The van der Waals surface area contributed by atoms with Gasteiger partial charge in [0.2, 0.25) is 0 Å². The summed E-state index contributed by atoms with van der Waals surface area (Å²) in [4.78, 5) is 34.2. The van der Waals surface area contributed by atoms with Crippen molar-refractivity contribution in [2.24, 2.45) is 0 Å². The molecule has 4 N–H and O–H groups in total. The van der Waals surface area contributed by atoms with Crippen LogP contribution in [0.3, 0.4) is 0 Å². The fourth-order valence-corrected chi connectivity index (χ4v) is 11.7. The molecule has 4 unspecified atom stereocenters. The van der Waals surface area contributed by atoms with Crippen molar-refractivity contribution < 1.29 is 39.5 Å². The Morgan fingerprint density at radius 3 is 0.702 bits per heavy atom. The van der Waals surface area contributed by atoms with E-state index in [-0.39, 0.29) is 11.9 Å². The van der Waals surface area contributed by atoms with Gasteiger partial charge >= 0.3 is 11.9 Å². The molecule has 0 saturated heterocycles. The quantitative estimate of drug-likeness (QED) is 0.0340. The number of aliphatic hydroxyl groups excluding tert-OH is 4. The van der Waals surface area contributed by atoms with Gasteiger partial charge in [-0.25, -0.2) is 0 Å². The first-order valence-corrected chi connectivity index (χ1v) is 36.8. The number of carbonyl (C=O) groups is 2. The maximum absolute atomic E-state index is 12.7. The van der Waals surface area contributed by atoms with E-state index >= 15 is 0 Å². The van der Waals surface area contributed by atoms with Crippen LogP contribution in [0.1, 0.15) is 336 Å². The van der Waals surface area contributed by atoms with Gasteiger partial charge in [-0.05, 0) is 52.6 Å². The molecule has 0 aromatic carbocycles. The largest absolute Gasteiger partial charge is 0.466 e. The lowest BCUT2D eigenvalue weighted by molar-refractivity contribution is -0.146. The Labute approximate surface area is 521 Å². The summed E-state index contributed by atoms with van der Waals surface area (Å²) in [5, 5.41) is 44.4. The molecule has 0 rings (SSSR count). The van der Waals surface area contributed by atoms with Gasteiger partial charge in [0, 0.05) is 65.4 Å². The molecule has 0 radical (unpaired) electrons. The highest BCUT2D eigenvalue weighted by Gasteiger charge is 2.19. The molecule has 0 aliphatic carbocycles. The predicted molar refractivity (Wildman–Crippen MR) is 358 cm³/mol. The van der Waals surface area contributed by atoms with E-state index in [1.54, 1.807) is 0 Å². The number of hydrogen-bond donors (Lipinski definition) is 4. The molecular formula is C72H146N4O8. The summed E-state index contributed by atoms with van der Waals surface area (Å²) in [6, 6.07) is 0. The van der Waals surface area contributed by atoms with Crippen molar-refractivity contribution in [2.75, 3.05) is 92.8 Å². The van der Waals surface area contributed by atoms with E-state index in [0.717, 1.165) is 77.5 Å². The molecule has 12 heteroatoms. The third-order valence-electron chi connectivity index (χ3n) is 17.5. The Bertz CT molecular complexity index is 1190. The average Bonchev–Trinajstić information content (AvgIpc) is 3.48. The fraction of sp³-hybridized carbons (Fsp3) is 0.972. The van der Waals surface area contributed by atoms with Crippen LogP contribution >= 0.6 is 0 Å². The fourth-order valence-electron chi connectivity index (χ4n) is 11.7. The topological polar surface area (TPSA) is 146 Å². The third kappa shape index (κ3) is 60.9. The summed E-state index contributed by atoms with van der Waals surface area (Å²) in [7, 11) is 4.04.